The molecule has 178 valence electrons. The maximum absolute atomic E-state index is 13.3. The molecule has 2 aromatic carbocycles. The minimum absolute atomic E-state index is 0.0369. The molecule has 4 aromatic rings. The van der Waals surface area contributed by atoms with Crippen LogP contribution in [0, 0.1) is 17.0 Å². The fraction of sp³-hybridized carbons (Fsp3) is 0.360. The van der Waals surface area contributed by atoms with E-state index in [0.29, 0.717) is 36.7 Å². The Morgan fingerprint density at radius 1 is 1.11 bits per heavy atom. The van der Waals surface area contributed by atoms with Crippen molar-refractivity contribution in [2.24, 2.45) is 0 Å². The van der Waals surface area contributed by atoms with E-state index >= 15 is 0 Å². The van der Waals surface area contributed by atoms with Crippen LogP contribution in [0.1, 0.15) is 47.4 Å². The zero-order valence-corrected chi connectivity index (χ0v) is 19.6. The van der Waals surface area contributed by atoms with Gasteiger partial charge in [-0.15, -0.1) is 10.2 Å². The lowest BCUT2D eigenvalue weighted by molar-refractivity contribution is -0.385. The van der Waals surface area contributed by atoms with Gasteiger partial charge in [0.25, 0.3) is 11.6 Å². The van der Waals surface area contributed by atoms with E-state index < -0.39 is 4.92 Å². The third-order valence-electron chi connectivity index (χ3n) is 7.02. The first-order chi connectivity index (χ1) is 16.9. The highest BCUT2D eigenvalue weighted by Gasteiger charge is 2.34. The molecule has 1 atom stereocenters. The average Bonchev–Trinajstić information content (AvgIpc) is 3.61. The summed E-state index contributed by atoms with van der Waals surface area (Å²) >= 11 is 0. The van der Waals surface area contributed by atoms with Gasteiger partial charge in [0.1, 0.15) is 5.82 Å². The summed E-state index contributed by atoms with van der Waals surface area (Å²) < 4.78 is 2.09. The highest BCUT2D eigenvalue weighted by molar-refractivity contribution is 5.95. The van der Waals surface area contributed by atoms with E-state index in [1.165, 1.54) is 6.07 Å². The number of aromatic nitrogens is 4. The highest BCUT2D eigenvalue weighted by Crippen LogP contribution is 2.40. The average molecular weight is 472 g/mol. The molecule has 1 saturated heterocycles. The van der Waals surface area contributed by atoms with E-state index in [-0.39, 0.29) is 17.6 Å². The molecule has 0 bridgehead atoms. The fourth-order valence-corrected chi connectivity index (χ4v) is 4.95. The number of carbonyl (C=O) groups excluding carboxylic acids is 1. The quantitative estimate of drug-likeness (QED) is 0.329. The van der Waals surface area contributed by atoms with Gasteiger partial charge in [-0.1, -0.05) is 18.2 Å². The molecule has 0 spiro atoms. The van der Waals surface area contributed by atoms with E-state index in [1.54, 1.807) is 24.0 Å². The standard InChI is InChI=1S/C25H25N7O3/c1-15-7-8-18(13-21(15)32(34)35)24(33)30-12-11-29(14-16(30)2)25-26-20-6-4-3-5-19(20)23-28-27-22(31(23)25)17-9-10-17/h3-8,13,16-17H,9-12,14H2,1-2H3. The maximum atomic E-state index is 13.3. The largest absolute Gasteiger partial charge is 0.338 e. The molecule has 10 nitrogen and oxygen atoms in total. The lowest BCUT2D eigenvalue weighted by Crippen LogP contribution is -2.54. The van der Waals surface area contributed by atoms with E-state index in [2.05, 4.69) is 19.5 Å². The Morgan fingerprint density at radius 3 is 2.66 bits per heavy atom. The summed E-state index contributed by atoms with van der Waals surface area (Å²) in [6.45, 7) is 5.33. The van der Waals surface area contributed by atoms with Crippen LogP contribution in [0.4, 0.5) is 11.6 Å². The van der Waals surface area contributed by atoms with Crippen molar-refractivity contribution >= 4 is 34.1 Å². The number of para-hydroxylation sites is 1. The lowest BCUT2D eigenvalue weighted by atomic mass is 10.1. The number of anilines is 1. The summed E-state index contributed by atoms with van der Waals surface area (Å²) in [7, 11) is 0. The van der Waals surface area contributed by atoms with E-state index in [9.17, 15) is 14.9 Å². The summed E-state index contributed by atoms with van der Waals surface area (Å²) in [5.74, 6) is 1.96. The second-order valence-electron chi connectivity index (χ2n) is 9.47. The van der Waals surface area contributed by atoms with Gasteiger partial charge < -0.3 is 9.80 Å². The molecule has 2 aromatic heterocycles. The first kappa shape index (κ1) is 21.5. The number of nitrogens with zero attached hydrogens (tertiary/aromatic N) is 7. The van der Waals surface area contributed by atoms with Crippen LogP contribution in [0.3, 0.4) is 0 Å². The number of nitro groups is 1. The number of amides is 1. The van der Waals surface area contributed by atoms with Crippen LogP contribution >= 0.6 is 0 Å². The molecule has 10 heteroatoms. The van der Waals surface area contributed by atoms with Crippen molar-refractivity contribution in [3.05, 3.63) is 69.5 Å². The molecular formula is C25H25N7O3. The summed E-state index contributed by atoms with van der Waals surface area (Å²) in [5.41, 5.74) is 2.51. The third kappa shape index (κ3) is 3.56. The Balaban J connectivity index is 1.33. The molecule has 1 unspecified atom stereocenters. The van der Waals surface area contributed by atoms with Gasteiger partial charge in [0.15, 0.2) is 5.65 Å². The Morgan fingerprint density at radius 2 is 1.91 bits per heavy atom. The molecule has 1 saturated carbocycles. The van der Waals surface area contributed by atoms with Gasteiger partial charge in [0, 0.05) is 54.2 Å². The lowest BCUT2D eigenvalue weighted by Gasteiger charge is -2.40. The van der Waals surface area contributed by atoms with Crippen LogP contribution in [0.2, 0.25) is 0 Å². The third-order valence-corrected chi connectivity index (χ3v) is 7.02. The molecule has 2 fully saturated rings. The predicted molar refractivity (Wildman–Crippen MR) is 131 cm³/mol. The molecule has 0 radical (unpaired) electrons. The molecule has 3 heterocycles. The van der Waals surface area contributed by atoms with Crippen molar-refractivity contribution < 1.29 is 9.72 Å². The van der Waals surface area contributed by atoms with Crippen molar-refractivity contribution in [3.8, 4) is 0 Å². The van der Waals surface area contributed by atoms with E-state index in [1.807, 2.05) is 31.2 Å². The molecular weight excluding hydrogens is 446 g/mol. The molecule has 35 heavy (non-hydrogen) atoms. The van der Waals surface area contributed by atoms with Crippen LogP contribution < -0.4 is 4.90 Å². The Kier molecular flexibility index (Phi) is 4.91. The number of hydrogen-bond donors (Lipinski definition) is 0. The molecule has 2 aliphatic rings. The molecule has 6 rings (SSSR count). The first-order valence-corrected chi connectivity index (χ1v) is 11.9. The van der Waals surface area contributed by atoms with Crippen LogP contribution in [0.15, 0.2) is 42.5 Å². The van der Waals surface area contributed by atoms with Gasteiger partial charge in [0.2, 0.25) is 5.95 Å². The molecule has 1 amide bonds. The summed E-state index contributed by atoms with van der Waals surface area (Å²) in [5, 5.41) is 21.4. The van der Waals surface area contributed by atoms with Gasteiger partial charge in [-0.25, -0.2) is 9.38 Å². The SMILES string of the molecule is Cc1ccc(C(=O)N2CCN(c3nc4ccccc4c4nnc(C5CC5)n34)CC2C)cc1[N+](=O)[O-]. The molecule has 1 aliphatic carbocycles. The van der Waals surface area contributed by atoms with Crippen molar-refractivity contribution in [2.45, 2.75) is 38.6 Å². The van der Waals surface area contributed by atoms with E-state index in [4.69, 9.17) is 4.98 Å². The summed E-state index contributed by atoms with van der Waals surface area (Å²) in [6, 6.07) is 12.5. The van der Waals surface area contributed by atoms with Gasteiger partial charge in [-0.05, 0) is 44.9 Å². The second-order valence-corrected chi connectivity index (χ2v) is 9.47. The van der Waals surface area contributed by atoms with Crippen molar-refractivity contribution in [1.29, 1.82) is 0 Å². The molecule has 1 aliphatic heterocycles. The van der Waals surface area contributed by atoms with Crippen LogP contribution in [0.5, 0.6) is 0 Å². The normalized spacial score (nSPS) is 18.4. The van der Waals surface area contributed by atoms with Crippen molar-refractivity contribution in [1.82, 2.24) is 24.5 Å². The van der Waals surface area contributed by atoms with Gasteiger partial charge in [0.05, 0.1) is 10.4 Å². The van der Waals surface area contributed by atoms with Crippen LogP contribution in [-0.4, -0.2) is 61.0 Å². The number of nitro benzene ring substituents is 1. The number of rotatable bonds is 4. The van der Waals surface area contributed by atoms with Crippen LogP contribution in [-0.2, 0) is 0 Å². The minimum atomic E-state index is -0.444. The zero-order valence-electron chi connectivity index (χ0n) is 19.6. The van der Waals surface area contributed by atoms with Gasteiger partial charge >= 0.3 is 0 Å². The Bertz CT molecular complexity index is 1490. The minimum Gasteiger partial charge on any atom is -0.338 e. The number of fused-ring (bicyclic) bond motifs is 3. The fourth-order valence-electron chi connectivity index (χ4n) is 4.95. The van der Waals surface area contributed by atoms with Crippen LogP contribution in [0.25, 0.3) is 16.6 Å². The monoisotopic (exact) mass is 471 g/mol. The summed E-state index contributed by atoms with van der Waals surface area (Å²) in [6.07, 6.45) is 2.21. The number of benzene rings is 2. The number of piperazine rings is 1. The van der Waals surface area contributed by atoms with Gasteiger partial charge in [-0.2, -0.15) is 0 Å². The second kappa shape index (κ2) is 8.00. The van der Waals surface area contributed by atoms with Crippen molar-refractivity contribution in [3.63, 3.8) is 0 Å². The number of carbonyl (C=O) groups is 1. The van der Waals surface area contributed by atoms with Gasteiger partial charge in [-0.3, -0.25) is 14.9 Å². The topological polar surface area (TPSA) is 110 Å². The zero-order chi connectivity index (χ0) is 24.3. The predicted octanol–water partition coefficient (Wildman–Crippen LogP) is 3.72. The smallest absolute Gasteiger partial charge is 0.273 e. The summed E-state index contributed by atoms with van der Waals surface area (Å²) in [4.78, 5) is 33.2. The maximum Gasteiger partial charge on any atom is 0.273 e. The van der Waals surface area contributed by atoms with E-state index in [0.717, 1.165) is 41.2 Å². The molecule has 0 N–H and O–H groups in total. The number of hydrogen-bond acceptors (Lipinski definition) is 7. The Hall–Kier alpha value is -4.08. The number of aryl methyl sites for hydroxylation is 1. The first-order valence-electron chi connectivity index (χ1n) is 11.9. The van der Waals surface area contributed by atoms with Crippen molar-refractivity contribution in [2.75, 3.05) is 24.5 Å². The highest BCUT2D eigenvalue weighted by atomic mass is 16.6. The Labute approximate surface area is 201 Å².